The molecule has 0 atom stereocenters. The Bertz CT molecular complexity index is 1220. The summed E-state index contributed by atoms with van der Waals surface area (Å²) < 4.78 is 12.8. The molecule has 4 aromatic rings. The van der Waals surface area contributed by atoms with Crippen molar-refractivity contribution < 1.29 is 14.4 Å². The minimum atomic E-state index is 0.317. The molecule has 2 aromatic heterocycles. The van der Waals surface area contributed by atoms with Crippen LogP contribution in [0.15, 0.2) is 60.9 Å². The Balaban J connectivity index is 1.20. The molecule has 8 nitrogen and oxygen atoms in total. The van der Waals surface area contributed by atoms with E-state index in [9.17, 15) is 0 Å². The van der Waals surface area contributed by atoms with E-state index < -0.39 is 0 Å². The summed E-state index contributed by atoms with van der Waals surface area (Å²) in [5.41, 5.74) is 3.29. The molecule has 6 rings (SSSR count). The number of hydrogen-bond donors (Lipinski definition) is 1. The third kappa shape index (κ3) is 3.44. The zero-order valence-electron chi connectivity index (χ0n) is 17.1. The van der Waals surface area contributed by atoms with E-state index >= 15 is 0 Å². The van der Waals surface area contributed by atoms with Crippen LogP contribution in [0.4, 0.5) is 5.82 Å². The Hall–Kier alpha value is -3.65. The van der Waals surface area contributed by atoms with E-state index in [0.717, 1.165) is 61.3 Å². The van der Waals surface area contributed by atoms with Gasteiger partial charge < -0.3 is 19.3 Å². The Morgan fingerprint density at radius 2 is 1.77 bits per heavy atom. The SMILES string of the molecule is c1ccc(-c2cc(N3CC[NH+](Cc4ccc5c(c4)OCO5)CC3)n3ncnc3n2)cc1. The summed E-state index contributed by atoms with van der Waals surface area (Å²) in [6.45, 7) is 5.30. The number of nitrogens with one attached hydrogen (secondary N) is 1. The lowest BCUT2D eigenvalue weighted by molar-refractivity contribution is -0.914. The van der Waals surface area contributed by atoms with Gasteiger partial charge in [-0.1, -0.05) is 30.3 Å². The first-order valence-electron chi connectivity index (χ1n) is 10.6. The van der Waals surface area contributed by atoms with Crippen molar-refractivity contribution in [2.24, 2.45) is 0 Å². The van der Waals surface area contributed by atoms with E-state index in [0.29, 0.717) is 12.6 Å². The molecule has 0 spiro atoms. The first kappa shape index (κ1) is 18.1. The molecule has 0 amide bonds. The van der Waals surface area contributed by atoms with Gasteiger partial charge >= 0.3 is 0 Å². The van der Waals surface area contributed by atoms with Crippen molar-refractivity contribution >= 4 is 11.6 Å². The van der Waals surface area contributed by atoms with E-state index in [2.05, 4.69) is 45.3 Å². The largest absolute Gasteiger partial charge is 0.454 e. The number of aromatic nitrogens is 4. The average Bonchev–Trinajstić information content (AvgIpc) is 3.48. The number of fused-ring (bicyclic) bond motifs is 2. The normalized spacial score (nSPS) is 16.2. The number of quaternary nitrogens is 1. The fourth-order valence-corrected chi connectivity index (χ4v) is 4.35. The molecule has 31 heavy (non-hydrogen) atoms. The molecule has 156 valence electrons. The van der Waals surface area contributed by atoms with Crippen LogP contribution in [0, 0.1) is 0 Å². The van der Waals surface area contributed by atoms with Crippen molar-refractivity contribution in [3.8, 4) is 22.8 Å². The van der Waals surface area contributed by atoms with Gasteiger partial charge in [0.2, 0.25) is 6.79 Å². The fraction of sp³-hybridized carbons (Fsp3) is 0.261. The molecule has 0 radical (unpaired) electrons. The molecular formula is C23H23N6O2+. The zero-order chi connectivity index (χ0) is 20.6. The standard InChI is InChI=1S/C23H22N6O2/c1-2-4-18(5-3-1)19-13-22(29-23(26-19)24-15-25-29)28-10-8-27(9-11-28)14-17-6-7-20-21(12-17)31-16-30-20/h1-7,12-13,15H,8-11,14,16H2/p+1. The van der Waals surface area contributed by atoms with Crippen molar-refractivity contribution in [2.75, 3.05) is 37.9 Å². The first-order valence-corrected chi connectivity index (χ1v) is 10.6. The summed E-state index contributed by atoms with van der Waals surface area (Å²) in [6.07, 6.45) is 1.57. The van der Waals surface area contributed by atoms with Gasteiger partial charge in [0.1, 0.15) is 18.7 Å². The monoisotopic (exact) mass is 415 g/mol. The molecule has 1 saturated heterocycles. The number of ether oxygens (including phenoxy) is 2. The van der Waals surface area contributed by atoms with Crippen LogP contribution in [0.5, 0.6) is 11.5 Å². The third-order valence-electron chi connectivity index (χ3n) is 5.99. The van der Waals surface area contributed by atoms with Gasteiger partial charge in [-0.05, 0) is 18.2 Å². The molecule has 2 aliphatic rings. The minimum absolute atomic E-state index is 0.317. The van der Waals surface area contributed by atoms with Crippen LogP contribution in [-0.4, -0.2) is 52.6 Å². The van der Waals surface area contributed by atoms with E-state index in [1.54, 1.807) is 11.2 Å². The minimum Gasteiger partial charge on any atom is -0.454 e. The van der Waals surface area contributed by atoms with Gasteiger partial charge in [-0.3, -0.25) is 0 Å². The van der Waals surface area contributed by atoms with E-state index in [-0.39, 0.29) is 0 Å². The maximum Gasteiger partial charge on any atom is 0.254 e. The molecule has 0 unspecified atom stereocenters. The Kier molecular flexibility index (Phi) is 4.42. The second-order valence-electron chi connectivity index (χ2n) is 7.94. The molecule has 1 fully saturated rings. The van der Waals surface area contributed by atoms with Crippen LogP contribution in [-0.2, 0) is 6.54 Å². The van der Waals surface area contributed by atoms with Gasteiger partial charge in [-0.2, -0.15) is 14.6 Å². The van der Waals surface area contributed by atoms with Crippen molar-refractivity contribution in [1.82, 2.24) is 19.6 Å². The number of anilines is 1. The second-order valence-corrected chi connectivity index (χ2v) is 7.94. The number of nitrogens with zero attached hydrogens (tertiary/aromatic N) is 5. The summed E-state index contributed by atoms with van der Waals surface area (Å²) in [5, 5.41) is 4.42. The van der Waals surface area contributed by atoms with Gasteiger partial charge in [0.05, 0.1) is 31.9 Å². The lowest BCUT2D eigenvalue weighted by Gasteiger charge is -2.33. The average molecular weight is 415 g/mol. The maximum absolute atomic E-state index is 5.52. The van der Waals surface area contributed by atoms with Crippen LogP contribution in [0.2, 0.25) is 0 Å². The van der Waals surface area contributed by atoms with Crippen molar-refractivity contribution in [3.63, 3.8) is 0 Å². The van der Waals surface area contributed by atoms with E-state index in [1.165, 1.54) is 5.56 Å². The smallest absolute Gasteiger partial charge is 0.254 e. The molecule has 2 aliphatic heterocycles. The highest BCUT2D eigenvalue weighted by Crippen LogP contribution is 2.32. The lowest BCUT2D eigenvalue weighted by Crippen LogP contribution is -3.13. The van der Waals surface area contributed by atoms with E-state index in [1.807, 2.05) is 28.8 Å². The second kappa shape index (κ2) is 7.55. The molecule has 0 saturated carbocycles. The van der Waals surface area contributed by atoms with Gasteiger partial charge in [-0.25, -0.2) is 4.98 Å². The Labute approximate surface area is 179 Å². The molecule has 1 N–H and O–H groups in total. The predicted molar refractivity (Wildman–Crippen MR) is 115 cm³/mol. The molecular weight excluding hydrogens is 392 g/mol. The lowest BCUT2D eigenvalue weighted by atomic mass is 10.1. The first-order chi connectivity index (χ1) is 15.3. The van der Waals surface area contributed by atoms with Crippen LogP contribution in [0.1, 0.15) is 5.56 Å². The molecule has 0 aliphatic carbocycles. The van der Waals surface area contributed by atoms with Gasteiger partial charge in [0.25, 0.3) is 5.78 Å². The highest BCUT2D eigenvalue weighted by atomic mass is 16.7. The van der Waals surface area contributed by atoms with Crippen molar-refractivity contribution in [3.05, 3.63) is 66.5 Å². The van der Waals surface area contributed by atoms with Crippen LogP contribution >= 0.6 is 0 Å². The van der Waals surface area contributed by atoms with Gasteiger partial charge in [-0.15, -0.1) is 0 Å². The quantitative estimate of drug-likeness (QED) is 0.544. The fourth-order valence-electron chi connectivity index (χ4n) is 4.35. The topological polar surface area (TPSA) is 69.2 Å². The maximum atomic E-state index is 5.52. The van der Waals surface area contributed by atoms with Crippen LogP contribution < -0.4 is 19.3 Å². The van der Waals surface area contributed by atoms with Crippen molar-refractivity contribution in [2.45, 2.75) is 6.54 Å². The molecule has 0 bridgehead atoms. The Morgan fingerprint density at radius 1 is 0.935 bits per heavy atom. The van der Waals surface area contributed by atoms with Gasteiger partial charge in [0, 0.05) is 17.2 Å². The summed E-state index contributed by atoms with van der Waals surface area (Å²) in [6, 6.07) is 18.6. The zero-order valence-corrected chi connectivity index (χ0v) is 17.1. The summed E-state index contributed by atoms with van der Waals surface area (Å²) >= 11 is 0. The van der Waals surface area contributed by atoms with Gasteiger partial charge in [0.15, 0.2) is 11.5 Å². The number of benzene rings is 2. The highest BCUT2D eigenvalue weighted by Gasteiger charge is 2.24. The molecule has 8 heteroatoms. The number of piperazine rings is 1. The summed E-state index contributed by atoms with van der Waals surface area (Å²) in [7, 11) is 0. The number of hydrogen-bond acceptors (Lipinski definition) is 6. The summed E-state index contributed by atoms with van der Waals surface area (Å²) in [5.74, 6) is 3.37. The number of rotatable bonds is 4. The molecule has 2 aromatic carbocycles. The van der Waals surface area contributed by atoms with Crippen LogP contribution in [0.3, 0.4) is 0 Å². The van der Waals surface area contributed by atoms with E-state index in [4.69, 9.17) is 14.5 Å². The van der Waals surface area contributed by atoms with Crippen molar-refractivity contribution in [1.29, 1.82) is 0 Å². The van der Waals surface area contributed by atoms with Crippen LogP contribution in [0.25, 0.3) is 17.0 Å². The predicted octanol–water partition coefficient (Wildman–Crippen LogP) is 1.43. The Morgan fingerprint density at radius 3 is 2.65 bits per heavy atom. The summed E-state index contributed by atoms with van der Waals surface area (Å²) in [4.78, 5) is 13.0. The molecule has 4 heterocycles. The highest BCUT2D eigenvalue weighted by molar-refractivity contribution is 5.65. The third-order valence-corrected chi connectivity index (χ3v) is 5.99.